The van der Waals surface area contributed by atoms with Gasteiger partial charge in [-0.3, -0.25) is 0 Å². The van der Waals surface area contributed by atoms with Gasteiger partial charge in [-0.25, -0.2) is 4.68 Å². The average Bonchev–Trinajstić information content (AvgIpc) is 3.19. The second-order valence-corrected chi connectivity index (χ2v) is 6.22. The van der Waals surface area contributed by atoms with Gasteiger partial charge in [0, 0.05) is 17.7 Å². The van der Waals surface area contributed by atoms with Gasteiger partial charge in [-0.1, -0.05) is 25.1 Å². The summed E-state index contributed by atoms with van der Waals surface area (Å²) in [5, 5.41) is 19.4. The van der Waals surface area contributed by atoms with Gasteiger partial charge in [-0.05, 0) is 41.4 Å². The van der Waals surface area contributed by atoms with Crippen LogP contribution < -0.4 is 0 Å². The fraction of sp³-hybridized carbons (Fsp3) is 0.235. The summed E-state index contributed by atoms with van der Waals surface area (Å²) in [6.07, 6.45) is 3.65. The number of aromatic nitrogens is 2. The molecular formula is C17H18N2OS. The van der Waals surface area contributed by atoms with Gasteiger partial charge in [0.05, 0.1) is 17.5 Å². The normalized spacial score (nSPS) is 15.6. The van der Waals surface area contributed by atoms with E-state index < -0.39 is 5.60 Å². The summed E-state index contributed by atoms with van der Waals surface area (Å²) in [7, 11) is 0. The second-order valence-electron chi connectivity index (χ2n) is 5.44. The molecule has 0 fully saturated rings. The van der Waals surface area contributed by atoms with Crippen molar-refractivity contribution < 1.29 is 5.11 Å². The van der Waals surface area contributed by atoms with Crippen molar-refractivity contribution in [2.24, 2.45) is 0 Å². The maximum Gasteiger partial charge on any atom is 0.0964 e. The molecule has 2 heterocycles. The molecule has 21 heavy (non-hydrogen) atoms. The molecule has 0 radical (unpaired) electrons. The fourth-order valence-corrected chi connectivity index (χ4v) is 3.16. The molecule has 0 unspecified atom stereocenters. The highest BCUT2D eigenvalue weighted by atomic mass is 32.1. The third kappa shape index (κ3) is 2.64. The largest absolute Gasteiger partial charge is 0.385 e. The Kier molecular flexibility index (Phi) is 3.66. The topological polar surface area (TPSA) is 38.1 Å². The highest BCUT2D eigenvalue weighted by Gasteiger charge is 2.33. The molecule has 108 valence electrons. The van der Waals surface area contributed by atoms with Crippen LogP contribution in [0.4, 0.5) is 0 Å². The van der Waals surface area contributed by atoms with Crippen LogP contribution in [-0.4, -0.2) is 14.9 Å². The van der Waals surface area contributed by atoms with Gasteiger partial charge >= 0.3 is 0 Å². The highest BCUT2D eigenvalue weighted by Crippen LogP contribution is 2.37. The molecule has 0 aliphatic rings. The number of benzene rings is 1. The zero-order valence-electron chi connectivity index (χ0n) is 12.1. The monoisotopic (exact) mass is 298 g/mol. The second kappa shape index (κ2) is 5.47. The summed E-state index contributed by atoms with van der Waals surface area (Å²) in [6, 6.07) is 12.0. The van der Waals surface area contributed by atoms with Gasteiger partial charge in [0.1, 0.15) is 0 Å². The molecular weight excluding hydrogens is 280 g/mol. The number of nitrogens with zero attached hydrogens (tertiary/aromatic N) is 2. The molecule has 0 saturated heterocycles. The van der Waals surface area contributed by atoms with Crippen molar-refractivity contribution in [2.75, 3.05) is 0 Å². The van der Waals surface area contributed by atoms with Crippen LogP contribution in [-0.2, 0) is 5.60 Å². The molecule has 4 heteroatoms. The Morgan fingerprint density at radius 1 is 1.24 bits per heavy atom. The first-order valence-corrected chi connectivity index (χ1v) is 7.88. The summed E-state index contributed by atoms with van der Waals surface area (Å²) in [4.78, 5) is 0. The third-order valence-electron chi connectivity index (χ3n) is 4.07. The Morgan fingerprint density at radius 3 is 2.67 bits per heavy atom. The summed E-state index contributed by atoms with van der Waals surface area (Å²) in [6.45, 7) is 3.89. The minimum Gasteiger partial charge on any atom is -0.385 e. The first-order chi connectivity index (χ1) is 10.1. The Morgan fingerprint density at radius 2 is 2.00 bits per heavy atom. The lowest BCUT2D eigenvalue weighted by atomic mass is 9.82. The predicted molar refractivity (Wildman–Crippen MR) is 85.9 cm³/mol. The van der Waals surface area contributed by atoms with Crippen LogP contribution in [0.25, 0.3) is 5.69 Å². The van der Waals surface area contributed by atoms with Crippen molar-refractivity contribution in [1.82, 2.24) is 9.78 Å². The smallest absolute Gasteiger partial charge is 0.0964 e. The Labute approximate surface area is 128 Å². The lowest BCUT2D eigenvalue weighted by molar-refractivity contribution is 0.0325. The van der Waals surface area contributed by atoms with Crippen LogP contribution in [0.2, 0.25) is 0 Å². The van der Waals surface area contributed by atoms with Crippen molar-refractivity contribution in [3.8, 4) is 5.69 Å². The Balaban J connectivity index is 1.92. The van der Waals surface area contributed by atoms with Gasteiger partial charge in [0.25, 0.3) is 0 Å². The molecule has 0 saturated carbocycles. The van der Waals surface area contributed by atoms with E-state index in [0.29, 0.717) is 0 Å². The van der Waals surface area contributed by atoms with E-state index in [1.165, 1.54) is 0 Å². The third-order valence-corrected chi connectivity index (χ3v) is 4.78. The summed E-state index contributed by atoms with van der Waals surface area (Å²) >= 11 is 1.65. The van der Waals surface area contributed by atoms with E-state index in [1.54, 1.807) is 22.2 Å². The van der Waals surface area contributed by atoms with Crippen LogP contribution in [0.15, 0.2) is 59.6 Å². The molecule has 3 aromatic rings. The zero-order valence-corrected chi connectivity index (χ0v) is 12.9. The maximum atomic E-state index is 10.9. The standard InChI is InChI=1S/C17H18N2OS/c1-13(14-8-9-21-12-14)17(2,20)15-10-18-19(11-15)16-6-4-3-5-7-16/h3-13,20H,1-2H3/t13-,17+/m0/s1. The molecule has 0 aliphatic heterocycles. The highest BCUT2D eigenvalue weighted by molar-refractivity contribution is 7.07. The molecule has 2 atom stereocenters. The van der Waals surface area contributed by atoms with Crippen LogP contribution in [0.5, 0.6) is 0 Å². The van der Waals surface area contributed by atoms with E-state index >= 15 is 0 Å². The first-order valence-electron chi connectivity index (χ1n) is 6.94. The van der Waals surface area contributed by atoms with Gasteiger partial charge in [0.2, 0.25) is 0 Å². The van der Waals surface area contributed by atoms with Crippen LogP contribution in [0, 0.1) is 0 Å². The summed E-state index contributed by atoms with van der Waals surface area (Å²) in [5.41, 5.74) is 2.01. The molecule has 3 nitrogen and oxygen atoms in total. The number of thiophene rings is 1. The van der Waals surface area contributed by atoms with E-state index in [2.05, 4.69) is 16.5 Å². The summed E-state index contributed by atoms with van der Waals surface area (Å²) in [5.74, 6) is 0.0113. The number of para-hydroxylation sites is 1. The van der Waals surface area contributed by atoms with Gasteiger partial charge < -0.3 is 5.11 Å². The summed E-state index contributed by atoms with van der Waals surface area (Å²) < 4.78 is 1.80. The molecule has 1 N–H and O–H groups in total. The van der Waals surface area contributed by atoms with Crippen molar-refractivity contribution in [2.45, 2.75) is 25.4 Å². The van der Waals surface area contributed by atoms with Gasteiger partial charge in [0.15, 0.2) is 0 Å². The zero-order chi connectivity index (χ0) is 14.9. The molecule has 2 aromatic heterocycles. The Hall–Kier alpha value is -1.91. The van der Waals surface area contributed by atoms with E-state index in [4.69, 9.17) is 0 Å². The number of rotatable bonds is 4. The van der Waals surface area contributed by atoms with E-state index in [-0.39, 0.29) is 5.92 Å². The molecule has 0 spiro atoms. The van der Waals surface area contributed by atoms with Crippen LogP contribution in [0.1, 0.15) is 30.9 Å². The maximum absolute atomic E-state index is 10.9. The van der Waals surface area contributed by atoms with E-state index in [0.717, 1.165) is 16.8 Å². The minimum atomic E-state index is -0.950. The van der Waals surface area contributed by atoms with E-state index in [9.17, 15) is 5.11 Å². The van der Waals surface area contributed by atoms with E-state index in [1.807, 2.05) is 55.8 Å². The molecule has 1 aromatic carbocycles. The molecule has 0 aliphatic carbocycles. The minimum absolute atomic E-state index is 0.0113. The van der Waals surface area contributed by atoms with Crippen LogP contribution >= 0.6 is 11.3 Å². The quantitative estimate of drug-likeness (QED) is 0.792. The number of aliphatic hydroxyl groups is 1. The molecule has 0 bridgehead atoms. The van der Waals surface area contributed by atoms with Gasteiger partial charge in [-0.15, -0.1) is 0 Å². The Bertz CT molecular complexity index is 701. The molecule has 0 amide bonds. The number of hydrogen-bond acceptors (Lipinski definition) is 3. The lowest BCUT2D eigenvalue weighted by Gasteiger charge is -2.29. The van der Waals surface area contributed by atoms with Crippen molar-refractivity contribution in [1.29, 1.82) is 0 Å². The SMILES string of the molecule is C[C@@H](c1ccsc1)[C@@](C)(O)c1cnn(-c2ccccc2)c1. The van der Waals surface area contributed by atoms with Crippen molar-refractivity contribution in [3.63, 3.8) is 0 Å². The lowest BCUT2D eigenvalue weighted by Crippen LogP contribution is -2.27. The first kappa shape index (κ1) is 14.0. The average molecular weight is 298 g/mol. The van der Waals surface area contributed by atoms with Crippen LogP contribution in [0.3, 0.4) is 0 Å². The van der Waals surface area contributed by atoms with Gasteiger partial charge in [-0.2, -0.15) is 16.4 Å². The molecule has 3 rings (SSSR count). The number of hydrogen-bond donors (Lipinski definition) is 1. The fourth-order valence-electron chi connectivity index (χ4n) is 2.40. The van der Waals surface area contributed by atoms with Crippen molar-refractivity contribution >= 4 is 11.3 Å². The van der Waals surface area contributed by atoms with Crippen molar-refractivity contribution in [3.05, 3.63) is 70.7 Å². The predicted octanol–water partition coefficient (Wildman–Crippen LogP) is 3.95.